The molecule has 0 atom stereocenters. The quantitative estimate of drug-likeness (QED) is 0.447. The normalized spacial score (nSPS) is 17.9. The summed E-state index contributed by atoms with van der Waals surface area (Å²) in [6.45, 7) is 5.91. The topological polar surface area (TPSA) is 59.6 Å². The maximum Gasteiger partial charge on any atom is 0.188 e. The van der Waals surface area contributed by atoms with Gasteiger partial charge in [-0.05, 0) is 44.4 Å². The van der Waals surface area contributed by atoms with Gasteiger partial charge in [-0.15, -0.1) is 24.0 Å². The third kappa shape index (κ3) is 5.08. The van der Waals surface area contributed by atoms with Crippen LogP contribution in [0, 0.1) is 5.82 Å². The lowest BCUT2D eigenvalue weighted by Crippen LogP contribution is -2.41. The summed E-state index contributed by atoms with van der Waals surface area (Å²) in [6, 6.07) is 7.03. The van der Waals surface area contributed by atoms with Crippen LogP contribution in [0.4, 0.5) is 4.39 Å². The number of halogens is 2. The van der Waals surface area contributed by atoms with E-state index in [1.807, 2.05) is 19.9 Å². The molecule has 0 unspecified atom stereocenters. The van der Waals surface area contributed by atoms with Gasteiger partial charge in [0.15, 0.2) is 5.96 Å². The SMILES string of the molecule is CC(C)NC(N)=NCC1(c2cccc(F)c2)CCOCC1.I. The van der Waals surface area contributed by atoms with Gasteiger partial charge in [0.25, 0.3) is 0 Å². The van der Waals surface area contributed by atoms with Crippen LogP contribution in [0.1, 0.15) is 32.3 Å². The van der Waals surface area contributed by atoms with E-state index in [0.29, 0.717) is 25.7 Å². The first-order chi connectivity index (χ1) is 10.0. The Morgan fingerprint density at radius 3 is 2.68 bits per heavy atom. The Kier molecular flexibility index (Phi) is 7.55. The fraction of sp³-hybridized carbons (Fsp3) is 0.562. The van der Waals surface area contributed by atoms with Crippen molar-refractivity contribution >= 4 is 29.9 Å². The van der Waals surface area contributed by atoms with Gasteiger partial charge in [0.05, 0.1) is 6.54 Å². The fourth-order valence-electron chi connectivity index (χ4n) is 2.70. The van der Waals surface area contributed by atoms with Gasteiger partial charge >= 0.3 is 0 Å². The lowest BCUT2D eigenvalue weighted by atomic mass is 9.74. The molecule has 0 spiro atoms. The van der Waals surface area contributed by atoms with Crippen molar-refractivity contribution in [2.75, 3.05) is 19.8 Å². The third-order valence-electron chi connectivity index (χ3n) is 3.88. The first-order valence-electron chi connectivity index (χ1n) is 7.42. The highest BCUT2D eigenvalue weighted by Gasteiger charge is 2.34. The summed E-state index contributed by atoms with van der Waals surface area (Å²) < 4.78 is 19.0. The van der Waals surface area contributed by atoms with Crippen molar-refractivity contribution in [2.24, 2.45) is 10.7 Å². The van der Waals surface area contributed by atoms with E-state index in [1.165, 1.54) is 6.07 Å². The number of hydrogen-bond donors (Lipinski definition) is 2. The van der Waals surface area contributed by atoms with Crippen LogP contribution in [0.25, 0.3) is 0 Å². The minimum absolute atomic E-state index is 0. The average Bonchev–Trinajstić information content (AvgIpc) is 2.45. The molecule has 1 aromatic carbocycles. The highest BCUT2D eigenvalue weighted by molar-refractivity contribution is 14.0. The Bertz CT molecular complexity index is 502. The number of nitrogens with one attached hydrogen (secondary N) is 1. The number of nitrogens with two attached hydrogens (primary N) is 1. The van der Waals surface area contributed by atoms with E-state index < -0.39 is 0 Å². The maximum absolute atomic E-state index is 13.6. The molecule has 0 radical (unpaired) electrons. The van der Waals surface area contributed by atoms with Gasteiger partial charge in [-0.1, -0.05) is 12.1 Å². The zero-order valence-electron chi connectivity index (χ0n) is 13.1. The summed E-state index contributed by atoms with van der Waals surface area (Å²) in [6.07, 6.45) is 1.66. The van der Waals surface area contributed by atoms with Crippen LogP contribution in [0.5, 0.6) is 0 Å². The highest BCUT2D eigenvalue weighted by Crippen LogP contribution is 2.35. The van der Waals surface area contributed by atoms with Crippen LogP contribution >= 0.6 is 24.0 Å². The van der Waals surface area contributed by atoms with E-state index in [-0.39, 0.29) is 41.3 Å². The van der Waals surface area contributed by atoms with Crippen molar-refractivity contribution in [3.8, 4) is 0 Å². The Balaban J connectivity index is 0.00000242. The van der Waals surface area contributed by atoms with Crippen LogP contribution in [0.3, 0.4) is 0 Å². The van der Waals surface area contributed by atoms with E-state index in [1.54, 1.807) is 12.1 Å². The number of hydrogen-bond acceptors (Lipinski definition) is 2. The molecule has 1 aromatic rings. The molecule has 0 bridgehead atoms. The third-order valence-corrected chi connectivity index (χ3v) is 3.88. The highest BCUT2D eigenvalue weighted by atomic mass is 127. The van der Waals surface area contributed by atoms with Crippen LogP contribution in [0.15, 0.2) is 29.3 Å². The Morgan fingerprint density at radius 2 is 2.09 bits per heavy atom. The minimum atomic E-state index is -0.212. The van der Waals surface area contributed by atoms with Gasteiger partial charge in [0, 0.05) is 24.7 Å². The summed E-state index contributed by atoms with van der Waals surface area (Å²) in [7, 11) is 0. The number of benzene rings is 1. The van der Waals surface area contributed by atoms with Gasteiger partial charge < -0.3 is 15.8 Å². The molecule has 4 nitrogen and oxygen atoms in total. The van der Waals surface area contributed by atoms with E-state index >= 15 is 0 Å². The van der Waals surface area contributed by atoms with Crippen molar-refractivity contribution in [3.63, 3.8) is 0 Å². The predicted octanol–water partition coefficient (Wildman–Crippen LogP) is 2.80. The van der Waals surface area contributed by atoms with Gasteiger partial charge in [-0.2, -0.15) is 0 Å². The van der Waals surface area contributed by atoms with E-state index in [0.717, 1.165) is 18.4 Å². The summed E-state index contributed by atoms with van der Waals surface area (Å²) in [5.41, 5.74) is 6.68. The summed E-state index contributed by atoms with van der Waals surface area (Å²) in [5.74, 6) is 0.225. The Hall–Kier alpha value is -0.890. The Labute approximate surface area is 148 Å². The van der Waals surface area contributed by atoms with Gasteiger partial charge in [0.2, 0.25) is 0 Å². The molecule has 124 valence electrons. The van der Waals surface area contributed by atoms with E-state index in [4.69, 9.17) is 10.5 Å². The molecule has 1 heterocycles. The molecule has 0 aromatic heterocycles. The molecule has 3 N–H and O–H groups in total. The molecule has 0 aliphatic carbocycles. The number of rotatable bonds is 4. The maximum atomic E-state index is 13.6. The molecule has 1 saturated heterocycles. The zero-order valence-corrected chi connectivity index (χ0v) is 15.5. The lowest BCUT2D eigenvalue weighted by Gasteiger charge is -2.36. The van der Waals surface area contributed by atoms with Crippen molar-refractivity contribution in [3.05, 3.63) is 35.6 Å². The van der Waals surface area contributed by atoms with Crippen LogP contribution in [-0.2, 0) is 10.2 Å². The Morgan fingerprint density at radius 1 is 1.41 bits per heavy atom. The average molecular weight is 421 g/mol. The molecule has 22 heavy (non-hydrogen) atoms. The smallest absolute Gasteiger partial charge is 0.188 e. The molecule has 1 aliphatic heterocycles. The van der Waals surface area contributed by atoms with Gasteiger partial charge in [-0.3, -0.25) is 4.99 Å². The van der Waals surface area contributed by atoms with Crippen LogP contribution in [0.2, 0.25) is 0 Å². The van der Waals surface area contributed by atoms with Crippen LogP contribution < -0.4 is 11.1 Å². The molecular formula is C16H25FIN3O. The minimum Gasteiger partial charge on any atom is -0.381 e. The summed E-state index contributed by atoms with van der Waals surface area (Å²) >= 11 is 0. The predicted molar refractivity (Wildman–Crippen MR) is 98.3 cm³/mol. The molecule has 6 heteroatoms. The fourth-order valence-corrected chi connectivity index (χ4v) is 2.70. The second kappa shape index (κ2) is 8.67. The van der Waals surface area contributed by atoms with Crippen molar-refractivity contribution < 1.29 is 9.13 Å². The van der Waals surface area contributed by atoms with Crippen molar-refractivity contribution in [1.82, 2.24) is 5.32 Å². The standard InChI is InChI=1S/C16H24FN3O.HI/c1-12(2)20-15(18)19-11-16(6-8-21-9-7-16)13-4-3-5-14(17)10-13;/h3-5,10,12H,6-9,11H2,1-2H3,(H3,18,19,20);1H. The second-order valence-electron chi connectivity index (χ2n) is 5.90. The van der Waals surface area contributed by atoms with E-state index in [9.17, 15) is 4.39 Å². The zero-order chi connectivity index (χ0) is 15.3. The summed E-state index contributed by atoms with van der Waals surface area (Å²) in [5, 5.41) is 3.08. The van der Waals surface area contributed by atoms with Gasteiger partial charge in [0.1, 0.15) is 5.82 Å². The second-order valence-corrected chi connectivity index (χ2v) is 5.90. The van der Waals surface area contributed by atoms with Crippen LogP contribution in [-0.4, -0.2) is 31.8 Å². The summed E-state index contributed by atoms with van der Waals surface area (Å²) in [4.78, 5) is 4.47. The number of aliphatic imine (C=N–C) groups is 1. The monoisotopic (exact) mass is 421 g/mol. The largest absolute Gasteiger partial charge is 0.381 e. The lowest BCUT2D eigenvalue weighted by molar-refractivity contribution is 0.0530. The number of guanidine groups is 1. The van der Waals surface area contributed by atoms with Crippen molar-refractivity contribution in [2.45, 2.75) is 38.1 Å². The first kappa shape index (κ1) is 19.2. The molecule has 0 saturated carbocycles. The molecular weight excluding hydrogens is 396 g/mol. The van der Waals surface area contributed by atoms with E-state index in [2.05, 4.69) is 10.3 Å². The molecule has 1 fully saturated rings. The molecule has 2 rings (SSSR count). The number of nitrogens with zero attached hydrogens (tertiary/aromatic N) is 1. The van der Waals surface area contributed by atoms with Gasteiger partial charge in [-0.25, -0.2) is 4.39 Å². The molecule has 0 amide bonds. The number of ether oxygens (including phenoxy) is 1. The van der Waals surface area contributed by atoms with Crippen molar-refractivity contribution in [1.29, 1.82) is 0 Å². The molecule has 1 aliphatic rings. The first-order valence-corrected chi connectivity index (χ1v) is 7.42.